The molecule has 2 aliphatic rings. The third-order valence-electron chi connectivity index (χ3n) is 9.84. The van der Waals surface area contributed by atoms with Crippen LogP contribution in [0, 0.1) is 11.8 Å². The second kappa shape index (κ2) is 17.2. The summed E-state index contributed by atoms with van der Waals surface area (Å²) in [6.45, 7) is 15.2. The summed E-state index contributed by atoms with van der Waals surface area (Å²) in [6.07, 6.45) is 5.54. The number of imidazole rings is 2. The van der Waals surface area contributed by atoms with Crippen LogP contribution in [0.4, 0.5) is 9.59 Å². The highest BCUT2D eigenvalue weighted by Gasteiger charge is 2.36. The SMILES string of the molecule is C[C@@H](NC(=O)OC(C)(C)C)C(=O)N1CCC[C@H]1c1ncc(-c2ccc(C#Cc3ccc(-c4cnc([C@@H]5CCCN5C(=O)[C@@H](C)NC(=O)OC(C)(C)C)[nH]4)cc3)cc2)[nH]1. The Morgan fingerprint density at radius 3 is 1.36 bits per heavy atom. The van der Waals surface area contributed by atoms with Gasteiger partial charge in [0.1, 0.15) is 34.9 Å². The molecule has 0 spiro atoms. The largest absolute Gasteiger partial charge is 0.444 e. The number of H-pyrrole nitrogens is 2. The van der Waals surface area contributed by atoms with Gasteiger partial charge in [-0.05, 0) is 116 Å². The zero-order chi connectivity index (χ0) is 41.8. The number of benzene rings is 2. The Kier molecular flexibility index (Phi) is 12.3. The number of carbonyl (C=O) groups is 4. The minimum atomic E-state index is -0.734. The van der Waals surface area contributed by atoms with E-state index in [2.05, 4.69) is 42.4 Å². The Morgan fingerprint density at radius 1 is 0.655 bits per heavy atom. The predicted octanol–water partition coefficient (Wildman–Crippen LogP) is 7.02. The van der Waals surface area contributed by atoms with E-state index in [0.29, 0.717) is 24.7 Å². The van der Waals surface area contributed by atoms with Gasteiger partial charge in [0.05, 0.1) is 35.9 Å². The smallest absolute Gasteiger partial charge is 0.408 e. The van der Waals surface area contributed by atoms with Crippen molar-refractivity contribution in [1.82, 2.24) is 40.4 Å². The van der Waals surface area contributed by atoms with Crippen molar-refractivity contribution in [3.05, 3.63) is 83.7 Å². The molecule has 4 amide bonds. The van der Waals surface area contributed by atoms with Crippen LogP contribution < -0.4 is 10.6 Å². The molecule has 6 rings (SSSR count). The molecule has 4 heterocycles. The van der Waals surface area contributed by atoms with Gasteiger partial charge in [0.2, 0.25) is 11.8 Å². The Labute approximate surface area is 339 Å². The number of carbonyl (C=O) groups excluding carboxylic acids is 4. The van der Waals surface area contributed by atoms with Crippen molar-refractivity contribution in [2.75, 3.05) is 13.1 Å². The topological polar surface area (TPSA) is 175 Å². The van der Waals surface area contributed by atoms with E-state index in [1.807, 2.05) is 48.5 Å². The molecule has 2 aromatic carbocycles. The van der Waals surface area contributed by atoms with Gasteiger partial charge in [-0.15, -0.1) is 0 Å². The molecule has 0 radical (unpaired) electrons. The first-order valence-electron chi connectivity index (χ1n) is 19.9. The van der Waals surface area contributed by atoms with Gasteiger partial charge in [0, 0.05) is 24.2 Å². The zero-order valence-corrected chi connectivity index (χ0v) is 34.6. The first-order chi connectivity index (χ1) is 27.4. The van der Waals surface area contributed by atoms with Crippen LogP contribution in [0.25, 0.3) is 22.5 Å². The number of hydrogen-bond acceptors (Lipinski definition) is 8. The number of ether oxygens (including phenoxy) is 2. The lowest BCUT2D eigenvalue weighted by Gasteiger charge is -2.27. The molecule has 2 saturated heterocycles. The molecular weight excluding hydrogens is 737 g/mol. The maximum Gasteiger partial charge on any atom is 0.408 e. The van der Waals surface area contributed by atoms with Gasteiger partial charge in [0.25, 0.3) is 0 Å². The number of rotatable bonds is 8. The summed E-state index contributed by atoms with van der Waals surface area (Å²) in [4.78, 5) is 70.7. The highest BCUT2D eigenvalue weighted by Crippen LogP contribution is 2.33. The quantitative estimate of drug-likeness (QED) is 0.138. The van der Waals surface area contributed by atoms with Crippen LogP contribution in [0.15, 0.2) is 60.9 Å². The Balaban J connectivity index is 1.04. The molecule has 2 fully saturated rings. The third-order valence-corrected chi connectivity index (χ3v) is 9.84. The van der Waals surface area contributed by atoms with Crippen molar-refractivity contribution >= 4 is 24.0 Å². The van der Waals surface area contributed by atoms with E-state index in [9.17, 15) is 19.2 Å². The van der Waals surface area contributed by atoms with Crippen molar-refractivity contribution in [2.45, 2.75) is 116 Å². The normalized spacial score (nSPS) is 17.9. The summed E-state index contributed by atoms with van der Waals surface area (Å²) in [5.74, 6) is 7.54. The standard InChI is InChI=1S/C44H54N8O6/c1-27(47-41(55)57-43(3,4)5)39(53)51-23-9-11-35(51)37-45-25-33(49-37)31-19-15-29(16-20-31)13-14-30-17-21-32(22-18-30)34-26-46-38(50-34)36-12-10-24-52(36)40(54)28(2)48-42(56)58-44(6,7)8/h15-22,25-28,35-36H,9-12,23-24H2,1-8H3,(H,45,49)(H,46,50)(H,47,55)(H,48,56)/t27-,28-,35+,36+/m1/s1. The number of nitrogens with zero attached hydrogens (tertiary/aromatic N) is 4. The molecule has 4 aromatic rings. The first-order valence-corrected chi connectivity index (χ1v) is 19.9. The monoisotopic (exact) mass is 790 g/mol. The van der Waals surface area contributed by atoms with E-state index in [0.717, 1.165) is 59.3 Å². The number of aromatic amines is 2. The van der Waals surface area contributed by atoms with E-state index < -0.39 is 35.5 Å². The lowest BCUT2D eigenvalue weighted by atomic mass is 10.1. The molecule has 58 heavy (non-hydrogen) atoms. The number of alkyl carbamates (subject to hydrolysis) is 2. The Morgan fingerprint density at radius 2 is 1.02 bits per heavy atom. The minimum Gasteiger partial charge on any atom is -0.444 e. The molecule has 0 unspecified atom stereocenters. The van der Waals surface area contributed by atoms with Crippen LogP contribution in [-0.2, 0) is 19.1 Å². The third kappa shape index (κ3) is 10.4. The molecule has 14 heteroatoms. The maximum atomic E-state index is 13.3. The van der Waals surface area contributed by atoms with Gasteiger partial charge in [0.15, 0.2) is 0 Å². The molecule has 14 nitrogen and oxygen atoms in total. The average Bonchev–Trinajstić information content (AvgIpc) is 3.99. The van der Waals surface area contributed by atoms with E-state index in [1.54, 1.807) is 77.6 Å². The van der Waals surface area contributed by atoms with Crippen molar-refractivity contribution in [3.8, 4) is 34.4 Å². The van der Waals surface area contributed by atoms with Crippen LogP contribution in [0.5, 0.6) is 0 Å². The van der Waals surface area contributed by atoms with E-state index in [4.69, 9.17) is 9.47 Å². The Hall–Kier alpha value is -6.10. The van der Waals surface area contributed by atoms with Crippen molar-refractivity contribution < 1.29 is 28.7 Å². The number of likely N-dealkylation sites (tertiary alicyclic amines) is 2. The first kappa shape index (κ1) is 41.5. The fraction of sp³-hybridized carbons (Fsp3) is 0.455. The molecule has 4 atom stereocenters. The average molecular weight is 791 g/mol. The number of aromatic nitrogens is 4. The van der Waals surface area contributed by atoms with Gasteiger partial charge in [-0.2, -0.15) is 0 Å². The van der Waals surface area contributed by atoms with Gasteiger partial charge in [-0.3, -0.25) is 9.59 Å². The molecule has 2 aliphatic heterocycles. The van der Waals surface area contributed by atoms with Gasteiger partial charge >= 0.3 is 12.2 Å². The summed E-state index contributed by atoms with van der Waals surface area (Å²) in [5, 5.41) is 5.31. The molecule has 4 N–H and O–H groups in total. The zero-order valence-electron chi connectivity index (χ0n) is 34.6. The minimum absolute atomic E-state index is 0.178. The molecule has 2 aromatic heterocycles. The molecule has 0 saturated carbocycles. The van der Waals surface area contributed by atoms with Gasteiger partial charge in [-0.1, -0.05) is 36.1 Å². The highest BCUT2D eigenvalue weighted by molar-refractivity contribution is 5.86. The summed E-state index contributed by atoms with van der Waals surface area (Å²) in [5.41, 5.74) is 3.97. The number of hydrogen-bond donors (Lipinski definition) is 4. The van der Waals surface area contributed by atoms with Crippen molar-refractivity contribution in [1.29, 1.82) is 0 Å². The van der Waals surface area contributed by atoms with E-state index >= 15 is 0 Å². The highest BCUT2D eigenvalue weighted by atomic mass is 16.6. The summed E-state index contributed by atoms with van der Waals surface area (Å²) in [7, 11) is 0. The van der Waals surface area contributed by atoms with Crippen LogP contribution in [-0.4, -0.2) is 90.1 Å². The van der Waals surface area contributed by atoms with E-state index in [-0.39, 0.29) is 23.9 Å². The fourth-order valence-electron chi connectivity index (χ4n) is 7.14. The lowest BCUT2D eigenvalue weighted by molar-refractivity contribution is -0.134. The summed E-state index contributed by atoms with van der Waals surface area (Å²) < 4.78 is 10.6. The van der Waals surface area contributed by atoms with Crippen molar-refractivity contribution in [2.24, 2.45) is 0 Å². The van der Waals surface area contributed by atoms with Crippen molar-refractivity contribution in [3.63, 3.8) is 0 Å². The second-order valence-electron chi connectivity index (χ2n) is 16.9. The molecule has 306 valence electrons. The molecule has 0 bridgehead atoms. The predicted molar refractivity (Wildman–Crippen MR) is 219 cm³/mol. The molecular formula is C44H54N8O6. The second-order valence-corrected chi connectivity index (χ2v) is 16.9. The Bertz CT molecular complexity index is 2020. The van der Waals surface area contributed by atoms with E-state index in [1.165, 1.54) is 0 Å². The van der Waals surface area contributed by atoms with Crippen LogP contribution in [0.1, 0.15) is 116 Å². The molecule has 0 aliphatic carbocycles. The van der Waals surface area contributed by atoms with Crippen LogP contribution in [0.2, 0.25) is 0 Å². The van der Waals surface area contributed by atoms with Gasteiger partial charge < -0.3 is 39.9 Å². The van der Waals surface area contributed by atoms with Crippen LogP contribution >= 0.6 is 0 Å². The summed E-state index contributed by atoms with van der Waals surface area (Å²) in [6, 6.07) is 13.9. The lowest BCUT2D eigenvalue weighted by Crippen LogP contribution is -2.48. The number of nitrogens with one attached hydrogen (secondary N) is 4. The van der Waals surface area contributed by atoms with Crippen LogP contribution in [0.3, 0.4) is 0 Å². The summed E-state index contributed by atoms with van der Waals surface area (Å²) >= 11 is 0. The van der Waals surface area contributed by atoms with Gasteiger partial charge in [-0.25, -0.2) is 19.6 Å². The maximum absolute atomic E-state index is 13.3. The number of amides is 4. The fourth-order valence-corrected chi connectivity index (χ4v) is 7.14.